The van der Waals surface area contributed by atoms with E-state index in [0.29, 0.717) is 0 Å². The fourth-order valence-electron chi connectivity index (χ4n) is 1.97. The van der Waals surface area contributed by atoms with Crippen LogP contribution in [0.2, 0.25) is 0 Å². The maximum atomic E-state index is 12.1. The summed E-state index contributed by atoms with van der Waals surface area (Å²) >= 11 is 0. The zero-order valence-corrected chi connectivity index (χ0v) is 11.8. The molecule has 4 amide bonds. The molecule has 1 fully saturated rings. The molecule has 2 rings (SSSR count). The Labute approximate surface area is 149 Å². The van der Waals surface area contributed by atoms with Crippen molar-refractivity contribution in [3.63, 3.8) is 0 Å². The van der Waals surface area contributed by atoms with E-state index in [-0.39, 0.29) is 46.7 Å². The van der Waals surface area contributed by atoms with E-state index in [1.165, 1.54) is 12.1 Å². The van der Waals surface area contributed by atoms with Gasteiger partial charge >= 0.3 is 35.6 Å². The predicted octanol–water partition coefficient (Wildman–Crippen LogP) is -0.01000. The first kappa shape index (κ1) is 18.8. The van der Waals surface area contributed by atoms with E-state index in [1.54, 1.807) is 6.92 Å². The topological polar surface area (TPSA) is 112 Å². The molecule has 1 aromatic rings. The molecule has 0 aromatic heterocycles. The number of carbonyl (C=O) groups is 3. The summed E-state index contributed by atoms with van der Waals surface area (Å²) in [6.07, 6.45) is -0.431. The van der Waals surface area contributed by atoms with Crippen LogP contribution >= 0.6 is 0 Å². The monoisotopic (exact) mass is 336 g/mol. The predicted molar refractivity (Wildman–Crippen MR) is 78.3 cm³/mol. The van der Waals surface area contributed by atoms with E-state index in [1.807, 2.05) is 0 Å². The third-order valence-corrected chi connectivity index (χ3v) is 3.85. The Bertz CT molecular complexity index is 716. The van der Waals surface area contributed by atoms with Crippen molar-refractivity contribution >= 4 is 63.2 Å². The zero-order chi connectivity index (χ0) is 15.8. The molecule has 0 radical (unpaired) electrons. The Hall–Kier alpha value is -1.26. The van der Waals surface area contributed by atoms with Gasteiger partial charge in [0.2, 0.25) is 11.8 Å². The van der Waals surface area contributed by atoms with E-state index in [2.05, 4.69) is 0 Å². The first-order valence-corrected chi connectivity index (χ1v) is 7.44. The molecule has 0 aliphatic carbocycles. The Kier molecular flexibility index (Phi) is 5.88. The maximum absolute atomic E-state index is 12.1. The second-order valence-corrected chi connectivity index (χ2v) is 5.72. The van der Waals surface area contributed by atoms with Crippen LogP contribution < -0.4 is 4.90 Å². The van der Waals surface area contributed by atoms with Crippen molar-refractivity contribution in [2.24, 2.45) is 0 Å². The molecular weight excluding hydrogens is 323 g/mol. The Morgan fingerprint density at radius 1 is 1.09 bits per heavy atom. The van der Waals surface area contributed by atoms with E-state index in [0.717, 1.165) is 21.9 Å². The SMILES string of the molecule is CCN1C(=O)CC(=O)N(c2ccc(S(=O)(=O)O)cc2)C1=O.[NaH]. The molecule has 1 aliphatic rings. The number of carbonyl (C=O) groups excluding carboxylic acids is 3. The van der Waals surface area contributed by atoms with Gasteiger partial charge in [0.1, 0.15) is 6.42 Å². The Balaban J connectivity index is 0.00000242. The minimum atomic E-state index is -4.35. The molecular formula is C12H13N2NaO6S. The third kappa shape index (κ3) is 3.55. The van der Waals surface area contributed by atoms with Crippen LogP contribution in [0.5, 0.6) is 0 Å². The number of nitrogens with zero attached hydrogens (tertiary/aromatic N) is 2. The first-order chi connectivity index (χ1) is 9.75. The number of amides is 4. The molecule has 1 aromatic carbocycles. The van der Waals surface area contributed by atoms with Gasteiger partial charge in [-0.3, -0.25) is 19.0 Å². The van der Waals surface area contributed by atoms with Crippen molar-refractivity contribution in [1.29, 1.82) is 0 Å². The van der Waals surface area contributed by atoms with Crippen molar-refractivity contribution in [2.45, 2.75) is 18.2 Å². The van der Waals surface area contributed by atoms with Gasteiger partial charge < -0.3 is 0 Å². The Morgan fingerprint density at radius 3 is 2.09 bits per heavy atom. The summed E-state index contributed by atoms with van der Waals surface area (Å²) in [6, 6.07) is 3.78. The summed E-state index contributed by atoms with van der Waals surface area (Å²) in [5.41, 5.74) is 0.128. The van der Waals surface area contributed by atoms with Crippen LogP contribution in [-0.2, 0) is 19.7 Å². The van der Waals surface area contributed by atoms with Gasteiger partial charge in [-0.25, -0.2) is 9.69 Å². The quantitative estimate of drug-likeness (QED) is 0.472. The molecule has 114 valence electrons. The average Bonchev–Trinajstić information content (AvgIpc) is 2.38. The van der Waals surface area contributed by atoms with Crippen LogP contribution in [0, 0.1) is 0 Å². The summed E-state index contributed by atoms with van der Waals surface area (Å²) in [4.78, 5) is 36.9. The van der Waals surface area contributed by atoms with Crippen LogP contribution in [0.15, 0.2) is 29.2 Å². The number of rotatable bonds is 3. The molecule has 1 heterocycles. The molecule has 0 unspecified atom stereocenters. The van der Waals surface area contributed by atoms with Gasteiger partial charge in [0.05, 0.1) is 10.6 Å². The average molecular weight is 336 g/mol. The van der Waals surface area contributed by atoms with Crippen molar-refractivity contribution in [2.75, 3.05) is 11.4 Å². The molecule has 1 aliphatic heterocycles. The van der Waals surface area contributed by atoms with Crippen molar-refractivity contribution in [3.05, 3.63) is 24.3 Å². The van der Waals surface area contributed by atoms with Crippen LogP contribution in [0.4, 0.5) is 10.5 Å². The number of hydrogen-bond donors (Lipinski definition) is 1. The summed E-state index contributed by atoms with van der Waals surface area (Å²) in [7, 11) is -4.35. The number of hydrogen-bond acceptors (Lipinski definition) is 5. The first-order valence-electron chi connectivity index (χ1n) is 6.00. The van der Waals surface area contributed by atoms with Gasteiger partial charge in [-0.15, -0.1) is 0 Å². The van der Waals surface area contributed by atoms with Gasteiger partial charge in [0.15, 0.2) is 0 Å². The van der Waals surface area contributed by atoms with Crippen LogP contribution in [-0.4, -0.2) is 71.8 Å². The summed E-state index contributed by atoms with van der Waals surface area (Å²) in [5, 5.41) is 0. The van der Waals surface area contributed by atoms with E-state index >= 15 is 0 Å². The number of anilines is 1. The van der Waals surface area contributed by atoms with E-state index in [9.17, 15) is 22.8 Å². The van der Waals surface area contributed by atoms with Gasteiger partial charge in [-0.2, -0.15) is 8.42 Å². The molecule has 0 bridgehead atoms. The number of benzene rings is 1. The number of urea groups is 1. The van der Waals surface area contributed by atoms with Gasteiger partial charge in [0, 0.05) is 6.54 Å². The van der Waals surface area contributed by atoms with Crippen LogP contribution in [0.3, 0.4) is 0 Å². The zero-order valence-electron chi connectivity index (χ0n) is 11.0. The molecule has 0 spiro atoms. The molecule has 10 heteroatoms. The Morgan fingerprint density at radius 2 is 1.64 bits per heavy atom. The van der Waals surface area contributed by atoms with Crippen LogP contribution in [0.25, 0.3) is 0 Å². The molecule has 1 saturated heterocycles. The van der Waals surface area contributed by atoms with Crippen molar-refractivity contribution in [1.82, 2.24) is 4.90 Å². The standard InChI is InChI=1S/C12H12N2O6S.Na.H/c1-2-13-10(15)7-11(16)14(12(13)17)8-3-5-9(6-4-8)21(18,19)20;;/h3-6H,2,7H2,1H3,(H,18,19,20);;. The summed E-state index contributed by atoms with van der Waals surface area (Å²) in [6.45, 7) is 1.73. The summed E-state index contributed by atoms with van der Waals surface area (Å²) in [5.74, 6) is -1.26. The molecule has 22 heavy (non-hydrogen) atoms. The molecule has 1 N–H and O–H groups in total. The van der Waals surface area contributed by atoms with Gasteiger partial charge in [-0.05, 0) is 31.2 Å². The third-order valence-electron chi connectivity index (χ3n) is 2.98. The van der Waals surface area contributed by atoms with E-state index < -0.39 is 34.4 Å². The summed E-state index contributed by atoms with van der Waals surface area (Å²) < 4.78 is 30.8. The molecule has 0 atom stereocenters. The second kappa shape index (κ2) is 6.88. The fraction of sp³-hybridized carbons (Fsp3) is 0.250. The molecule has 0 saturated carbocycles. The van der Waals surface area contributed by atoms with Gasteiger partial charge in [-0.1, -0.05) is 0 Å². The second-order valence-electron chi connectivity index (χ2n) is 4.30. The minimum absolute atomic E-state index is 0. The van der Waals surface area contributed by atoms with E-state index in [4.69, 9.17) is 4.55 Å². The fourth-order valence-corrected chi connectivity index (χ4v) is 2.45. The number of imide groups is 2. The molecule has 8 nitrogen and oxygen atoms in total. The van der Waals surface area contributed by atoms with Crippen molar-refractivity contribution < 1.29 is 27.4 Å². The van der Waals surface area contributed by atoms with Gasteiger partial charge in [0.25, 0.3) is 10.1 Å². The van der Waals surface area contributed by atoms with Crippen molar-refractivity contribution in [3.8, 4) is 0 Å². The normalized spacial score (nSPS) is 15.8. The number of barbiturate groups is 1. The van der Waals surface area contributed by atoms with Crippen LogP contribution in [0.1, 0.15) is 13.3 Å².